The molecule has 0 atom stereocenters. The van der Waals surface area contributed by atoms with Gasteiger partial charge in [0.1, 0.15) is 0 Å². The fourth-order valence-electron chi connectivity index (χ4n) is 1.63. The van der Waals surface area contributed by atoms with Crippen LogP contribution in [0.1, 0.15) is 5.56 Å². The summed E-state index contributed by atoms with van der Waals surface area (Å²) >= 11 is 17.6. The lowest BCUT2D eigenvalue weighted by Crippen LogP contribution is -2.13. The van der Waals surface area contributed by atoms with Crippen LogP contribution in [-0.4, -0.2) is 13.5 Å². The van der Waals surface area contributed by atoms with Crippen molar-refractivity contribution in [3.8, 4) is 0 Å². The molecule has 0 aliphatic rings. The first-order chi connectivity index (χ1) is 9.85. The van der Waals surface area contributed by atoms with Crippen LogP contribution in [0, 0.1) is 0 Å². The van der Waals surface area contributed by atoms with Gasteiger partial charge in [-0.1, -0.05) is 40.9 Å². The fourth-order valence-corrected chi connectivity index (χ4v) is 3.33. The molecule has 21 heavy (non-hydrogen) atoms. The zero-order chi connectivity index (χ0) is 15.6. The number of sulfonamides is 1. The summed E-state index contributed by atoms with van der Waals surface area (Å²) < 4.78 is 27.0. The molecule has 2 N–H and O–H groups in total. The van der Waals surface area contributed by atoms with E-state index in [-0.39, 0.29) is 32.3 Å². The zero-order valence-corrected chi connectivity index (χ0v) is 13.6. The minimum atomic E-state index is -3.86. The molecule has 0 saturated heterocycles. The molecule has 0 amide bonds. The summed E-state index contributed by atoms with van der Waals surface area (Å²) in [6.45, 7) is -0.361. The van der Waals surface area contributed by atoms with Gasteiger partial charge in [0.2, 0.25) is 0 Å². The molecule has 2 aromatic carbocycles. The molecule has 0 saturated carbocycles. The number of halogens is 3. The van der Waals surface area contributed by atoms with E-state index in [0.29, 0.717) is 5.56 Å². The molecule has 4 nitrogen and oxygen atoms in total. The van der Waals surface area contributed by atoms with Crippen LogP contribution in [0.25, 0.3) is 0 Å². The van der Waals surface area contributed by atoms with Gasteiger partial charge in [0.15, 0.2) is 0 Å². The van der Waals surface area contributed by atoms with Crippen LogP contribution in [0.15, 0.2) is 41.3 Å². The molecule has 0 aromatic heterocycles. The Balaban J connectivity index is 2.41. The number of anilines is 1. The SMILES string of the molecule is O=S(=O)(Nc1cccc(Cl)c1Cl)c1ccc(Cl)c(CO)c1. The second-order valence-electron chi connectivity index (χ2n) is 4.12. The maximum atomic E-state index is 12.3. The van der Waals surface area contributed by atoms with E-state index in [4.69, 9.17) is 39.9 Å². The quantitative estimate of drug-likeness (QED) is 0.861. The highest BCUT2D eigenvalue weighted by Crippen LogP contribution is 2.31. The summed E-state index contributed by atoms with van der Waals surface area (Å²) in [4.78, 5) is -0.0352. The van der Waals surface area contributed by atoms with E-state index >= 15 is 0 Å². The minimum absolute atomic E-state index is 0.0352. The van der Waals surface area contributed by atoms with Gasteiger partial charge in [-0.05, 0) is 35.9 Å². The summed E-state index contributed by atoms with van der Waals surface area (Å²) in [7, 11) is -3.86. The van der Waals surface area contributed by atoms with Crippen molar-refractivity contribution < 1.29 is 13.5 Å². The molecule has 0 aliphatic carbocycles. The molecule has 2 rings (SSSR count). The lowest BCUT2D eigenvalue weighted by molar-refractivity contribution is 0.281. The number of benzene rings is 2. The highest BCUT2D eigenvalue weighted by atomic mass is 35.5. The van der Waals surface area contributed by atoms with Gasteiger partial charge in [0.05, 0.1) is 27.2 Å². The van der Waals surface area contributed by atoms with Crippen LogP contribution in [0.2, 0.25) is 15.1 Å². The van der Waals surface area contributed by atoms with Gasteiger partial charge in [-0.2, -0.15) is 0 Å². The van der Waals surface area contributed by atoms with Crippen molar-refractivity contribution in [1.82, 2.24) is 0 Å². The van der Waals surface area contributed by atoms with E-state index in [9.17, 15) is 8.42 Å². The first-order valence-electron chi connectivity index (χ1n) is 5.71. The summed E-state index contributed by atoms with van der Waals surface area (Å²) in [6, 6.07) is 8.65. The Labute approximate surface area is 137 Å². The Bertz CT molecular complexity index is 778. The van der Waals surface area contributed by atoms with Crippen molar-refractivity contribution >= 4 is 50.5 Å². The molecular weight excluding hydrogens is 357 g/mol. The monoisotopic (exact) mass is 365 g/mol. The fraction of sp³-hybridized carbons (Fsp3) is 0.0769. The molecule has 0 spiro atoms. The molecule has 8 heteroatoms. The molecule has 112 valence electrons. The van der Waals surface area contributed by atoms with E-state index in [1.807, 2.05) is 0 Å². The van der Waals surface area contributed by atoms with Crippen LogP contribution < -0.4 is 4.72 Å². The summed E-state index contributed by atoms with van der Waals surface area (Å²) in [6.07, 6.45) is 0. The third kappa shape index (κ3) is 3.62. The predicted octanol–water partition coefficient (Wildman–Crippen LogP) is 3.94. The average Bonchev–Trinajstić information content (AvgIpc) is 2.44. The third-order valence-corrected chi connectivity index (χ3v) is 5.24. The Hall–Kier alpha value is -0.980. The van der Waals surface area contributed by atoms with Gasteiger partial charge in [-0.15, -0.1) is 0 Å². The molecule has 0 fully saturated rings. The smallest absolute Gasteiger partial charge is 0.261 e. The van der Waals surface area contributed by atoms with E-state index in [1.165, 1.54) is 24.3 Å². The number of aliphatic hydroxyl groups excluding tert-OH is 1. The van der Waals surface area contributed by atoms with Gasteiger partial charge in [0.25, 0.3) is 10.0 Å². The lowest BCUT2D eigenvalue weighted by Gasteiger charge is -2.11. The minimum Gasteiger partial charge on any atom is -0.392 e. The van der Waals surface area contributed by atoms with Crippen LogP contribution in [0.5, 0.6) is 0 Å². The zero-order valence-electron chi connectivity index (χ0n) is 10.5. The number of nitrogens with one attached hydrogen (secondary N) is 1. The molecule has 0 radical (unpaired) electrons. The Kier molecular flexibility index (Phi) is 5.01. The molecule has 0 heterocycles. The second kappa shape index (κ2) is 6.42. The maximum Gasteiger partial charge on any atom is 0.261 e. The largest absolute Gasteiger partial charge is 0.392 e. The van der Waals surface area contributed by atoms with E-state index in [0.717, 1.165) is 0 Å². The average molecular weight is 367 g/mol. The van der Waals surface area contributed by atoms with Crippen molar-refractivity contribution in [2.24, 2.45) is 0 Å². The topological polar surface area (TPSA) is 66.4 Å². The van der Waals surface area contributed by atoms with Gasteiger partial charge in [0, 0.05) is 5.02 Å². The van der Waals surface area contributed by atoms with Crippen molar-refractivity contribution in [2.75, 3.05) is 4.72 Å². The summed E-state index contributed by atoms with van der Waals surface area (Å²) in [5.41, 5.74) is 0.487. The molecule has 0 bridgehead atoms. The van der Waals surface area contributed by atoms with Crippen LogP contribution in [-0.2, 0) is 16.6 Å². The molecule has 0 unspecified atom stereocenters. The van der Waals surface area contributed by atoms with Gasteiger partial charge in [-0.25, -0.2) is 8.42 Å². The third-order valence-electron chi connectivity index (χ3n) is 2.69. The van der Waals surface area contributed by atoms with Crippen molar-refractivity contribution in [1.29, 1.82) is 0 Å². The van der Waals surface area contributed by atoms with Crippen LogP contribution in [0.4, 0.5) is 5.69 Å². The highest BCUT2D eigenvalue weighted by Gasteiger charge is 2.18. The molecular formula is C13H10Cl3NO3S. The number of rotatable bonds is 4. The second-order valence-corrected chi connectivity index (χ2v) is 6.99. The predicted molar refractivity (Wildman–Crippen MR) is 84.6 cm³/mol. The molecule has 0 aliphatic heterocycles. The van der Waals surface area contributed by atoms with E-state index in [2.05, 4.69) is 4.72 Å². The van der Waals surface area contributed by atoms with Crippen LogP contribution in [0.3, 0.4) is 0 Å². The van der Waals surface area contributed by atoms with Crippen molar-refractivity contribution in [3.05, 3.63) is 57.0 Å². The number of aliphatic hydroxyl groups is 1. The van der Waals surface area contributed by atoms with Crippen molar-refractivity contribution in [3.63, 3.8) is 0 Å². The Morgan fingerprint density at radius 3 is 2.43 bits per heavy atom. The maximum absolute atomic E-state index is 12.3. The van der Waals surface area contributed by atoms with E-state index in [1.54, 1.807) is 12.1 Å². The normalized spacial score (nSPS) is 11.4. The number of hydrogen-bond donors (Lipinski definition) is 2. The first kappa shape index (κ1) is 16.4. The van der Waals surface area contributed by atoms with Gasteiger partial charge >= 0.3 is 0 Å². The summed E-state index contributed by atoms with van der Waals surface area (Å²) in [5, 5.41) is 9.78. The van der Waals surface area contributed by atoms with Crippen LogP contribution >= 0.6 is 34.8 Å². The first-order valence-corrected chi connectivity index (χ1v) is 8.33. The van der Waals surface area contributed by atoms with Gasteiger partial charge < -0.3 is 5.11 Å². The highest BCUT2D eigenvalue weighted by molar-refractivity contribution is 7.92. The lowest BCUT2D eigenvalue weighted by atomic mass is 10.2. The Morgan fingerprint density at radius 1 is 1.05 bits per heavy atom. The number of hydrogen-bond acceptors (Lipinski definition) is 3. The van der Waals surface area contributed by atoms with E-state index < -0.39 is 10.0 Å². The standard InChI is InChI=1S/C13H10Cl3NO3S/c14-10-5-4-9(6-8(10)7-18)21(19,20)17-12-3-1-2-11(15)13(12)16/h1-6,17-18H,7H2. The molecule has 2 aromatic rings. The summed E-state index contributed by atoms with van der Waals surface area (Å²) in [5.74, 6) is 0. The van der Waals surface area contributed by atoms with Gasteiger partial charge in [-0.3, -0.25) is 4.72 Å². The van der Waals surface area contributed by atoms with Crippen molar-refractivity contribution in [2.45, 2.75) is 11.5 Å². The Morgan fingerprint density at radius 2 is 1.76 bits per heavy atom.